The quantitative estimate of drug-likeness (QED) is 0.322. The summed E-state index contributed by atoms with van der Waals surface area (Å²) in [5.74, 6) is 1.47. The van der Waals surface area contributed by atoms with Gasteiger partial charge in [0.25, 0.3) is 0 Å². The summed E-state index contributed by atoms with van der Waals surface area (Å²) in [6, 6.07) is 1.29. The molecule has 4 N–H and O–H groups in total. The number of nitrogens with one attached hydrogen (secondary N) is 4. The standard InChI is InChI=1S/2C12H25N3O/c1-10(2)9-11(3)13-6-8-15-7-4-5-14-12(15)16;1-10(2)9-11(3)13-5-4-7-15-8-6-14-12(15)16/h2*10-11,13H,4-9H2,1-3H3,(H,14,16). The van der Waals surface area contributed by atoms with E-state index in [0.29, 0.717) is 12.1 Å². The molecule has 2 aliphatic rings. The van der Waals surface area contributed by atoms with Gasteiger partial charge >= 0.3 is 12.1 Å². The van der Waals surface area contributed by atoms with Crippen LogP contribution in [-0.2, 0) is 0 Å². The van der Waals surface area contributed by atoms with Gasteiger partial charge in [0, 0.05) is 57.9 Å². The summed E-state index contributed by atoms with van der Waals surface area (Å²) in [4.78, 5) is 26.4. The van der Waals surface area contributed by atoms with Crippen molar-refractivity contribution in [3.05, 3.63) is 0 Å². The van der Waals surface area contributed by atoms with Gasteiger partial charge in [-0.3, -0.25) is 0 Å². The molecule has 2 unspecified atom stereocenters. The highest BCUT2D eigenvalue weighted by Gasteiger charge is 2.18. The van der Waals surface area contributed by atoms with E-state index in [2.05, 4.69) is 62.8 Å². The van der Waals surface area contributed by atoms with E-state index in [1.54, 1.807) is 0 Å². The maximum absolute atomic E-state index is 11.4. The monoisotopic (exact) mass is 454 g/mol. The Bertz CT molecular complexity index is 529. The highest BCUT2D eigenvalue weighted by molar-refractivity contribution is 5.76. The summed E-state index contributed by atoms with van der Waals surface area (Å²) in [5.41, 5.74) is 0. The maximum atomic E-state index is 11.4. The molecule has 2 rings (SSSR count). The summed E-state index contributed by atoms with van der Waals surface area (Å²) in [6.07, 6.45) is 4.50. The first-order chi connectivity index (χ1) is 15.2. The van der Waals surface area contributed by atoms with Gasteiger partial charge in [0.2, 0.25) is 0 Å². The Morgan fingerprint density at radius 1 is 0.750 bits per heavy atom. The Kier molecular flexibility index (Phi) is 14.4. The molecule has 0 aromatic heterocycles. The van der Waals surface area contributed by atoms with Gasteiger partial charge in [0.1, 0.15) is 0 Å². The van der Waals surface area contributed by atoms with Crippen LogP contribution in [-0.4, -0.2) is 86.3 Å². The van der Waals surface area contributed by atoms with Gasteiger partial charge in [-0.2, -0.15) is 0 Å². The van der Waals surface area contributed by atoms with E-state index >= 15 is 0 Å². The average molecular weight is 455 g/mol. The summed E-state index contributed by atoms with van der Waals surface area (Å²) in [6.45, 7) is 20.3. The zero-order valence-corrected chi connectivity index (χ0v) is 21.5. The van der Waals surface area contributed by atoms with Crippen molar-refractivity contribution in [1.82, 2.24) is 31.1 Å². The fraction of sp³-hybridized carbons (Fsp3) is 0.917. The molecule has 2 aliphatic heterocycles. The number of nitrogens with zero attached hydrogens (tertiary/aromatic N) is 2. The minimum atomic E-state index is 0.0876. The predicted octanol–water partition coefficient (Wildman–Crippen LogP) is 2.85. The maximum Gasteiger partial charge on any atom is 0.317 e. The molecule has 188 valence electrons. The fourth-order valence-corrected chi connectivity index (χ4v) is 4.26. The van der Waals surface area contributed by atoms with Crippen molar-refractivity contribution in [3.8, 4) is 0 Å². The lowest BCUT2D eigenvalue weighted by atomic mass is 10.1. The summed E-state index contributed by atoms with van der Waals surface area (Å²) in [5, 5.41) is 12.6. The van der Waals surface area contributed by atoms with E-state index in [1.165, 1.54) is 12.8 Å². The molecule has 0 radical (unpaired) electrons. The number of hydrogen-bond donors (Lipinski definition) is 4. The van der Waals surface area contributed by atoms with Gasteiger partial charge < -0.3 is 31.1 Å². The number of carbonyl (C=O) groups is 2. The van der Waals surface area contributed by atoms with Crippen LogP contribution in [0.1, 0.15) is 67.2 Å². The Balaban J connectivity index is 0.000000320. The van der Waals surface area contributed by atoms with Gasteiger partial charge in [-0.25, -0.2) is 9.59 Å². The molecule has 0 bridgehead atoms. The number of amides is 4. The van der Waals surface area contributed by atoms with Crippen LogP contribution in [0.5, 0.6) is 0 Å². The van der Waals surface area contributed by atoms with Crippen LogP contribution in [0.15, 0.2) is 0 Å². The van der Waals surface area contributed by atoms with Gasteiger partial charge in [-0.1, -0.05) is 27.7 Å². The largest absolute Gasteiger partial charge is 0.338 e. The van der Waals surface area contributed by atoms with E-state index < -0.39 is 0 Å². The molecule has 0 aromatic carbocycles. The SMILES string of the molecule is CC(C)CC(C)NCCCN1CCNC1=O.CC(C)CC(C)NCCN1CCCNC1=O. The highest BCUT2D eigenvalue weighted by atomic mass is 16.2. The Morgan fingerprint density at radius 2 is 1.28 bits per heavy atom. The van der Waals surface area contributed by atoms with Gasteiger partial charge in [-0.05, 0) is 57.9 Å². The minimum Gasteiger partial charge on any atom is -0.338 e. The molecule has 2 saturated heterocycles. The number of urea groups is 2. The van der Waals surface area contributed by atoms with Crippen molar-refractivity contribution in [2.24, 2.45) is 11.8 Å². The molecule has 8 heteroatoms. The topological polar surface area (TPSA) is 88.7 Å². The Labute approximate surface area is 196 Å². The number of carbonyl (C=O) groups excluding carboxylic acids is 2. The first-order valence-corrected chi connectivity index (χ1v) is 12.7. The molecule has 2 heterocycles. The van der Waals surface area contributed by atoms with Crippen molar-refractivity contribution in [3.63, 3.8) is 0 Å². The molecule has 0 saturated carbocycles. The zero-order chi connectivity index (χ0) is 23.9. The second-order valence-corrected chi connectivity index (χ2v) is 10.1. The molecule has 4 amide bonds. The van der Waals surface area contributed by atoms with Gasteiger partial charge in [-0.15, -0.1) is 0 Å². The van der Waals surface area contributed by atoms with Gasteiger partial charge in [0.05, 0.1) is 0 Å². The van der Waals surface area contributed by atoms with Crippen molar-refractivity contribution in [2.45, 2.75) is 79.3 Å². The summed E-state index contributed by atoms with van der Waals surface area (Å²) >= 11 is 0. The van der Waals surface area contributed by atoms with E-state index in [-0.39, 0.29) is 12.1 Å². The second-order valence-electron chi connectivity index (χ2n) is 10.1. The molecule has 0 aromatic rings. The lowest BCUT2D eigenvalue weighted by molar-refractivity contribution is 0.185. The van der Waals surface area contributed by atoms with E-state index in [1.807, 2.05) is 9.80 Å². The number of hydrogen-bond acceptors (Lipinski definition) is 4. The lowest BCUT2D eigenvalue weighted by Crippen LogP contribution is -2.49. The van der Waals surface area contributed by atoms with E-state index in [9.17, 15) is 9.59 Å². The summed E-state index contributed by atoms with van der Waals surface area (Å²) in [7, 11) is 0. The molecule has 32 heavy (non-hydrogen) atoms. The molecular formula is C24H50N6O2. The normalized spacial score (nSPS) is 18.4. The van der Waals surface area contributed by atoms with E-state index in [0.717, 1.165) is 77.0 Å². The van der Waals surface area contributed by atoms with Crippen LogP contribution in [0.2, 0.25) is 0 Å². The molecule has 2 fully saturated rings. The predicted molar refractivity (Wildman–Crippen MR) is 133 cm³/mol. The molecule has 0 spiro atoms. The number of rotatable bonds is 13. The van der Waals surface area contributed by atoms with Crippen LogP contribution in [0, 0.1) is 11.8 Å². The third kappa shape index (κ3) is 13.1. The summed E-state index contributed by atoms with van der Waals surface area (Å²) < 4.78 is 0. The first kappa shape index (κ1) is 28.5. The van der Waals surface area contributed by atoms with Crippen LogP contribution in [0.25, 0.3) is 0 Å². The Morgan fingerprint density at radius 3 is 1.81 bits per heavy atom. The lowest BCUT2D eigenvalue weighted by Gasteiger charge is -2.28. The van der Waals surface area contributed by atoms with Crippen molar-refractivity contribution >= 4 is 12.1 Å². The van der Waals surface area contributed by atoms with Crippen LogP contribution >= 0.6 is 0 Å². The molecular weight excluding hydrogens is 404 g/mol. The highest BCUT2D eigenvalue weighted by Crippen LogP contribution is 2.05. The average Bonchev–Trinajstić information content (AvgIpc) is 3.11. The molecule has 0 aliphatic carbocycles. The fourth-order valence-electron chi connectivity index (χ4n) is 4.26. The van der Waals surface area contributed by atoms with Crippen molar-refractivity contribution in [2.75, 3.05) is 52.4 Å². The smallest absolute Gasteiger partial charge is 0.317 e. The van der Waals surface area contributed by atoms with Crippen LogP contribution < -0.4 is 21.3 Å². The van der Waals surface area contributed by atoms with Crippen LogP contribution in [0.4, 0.5) is 9.59 Å². The second kappa shape index (κ2) is 16.1. The van der Waals surface area contributed by atoms with Crippen molar-refractivity contribution < 1.29 is 9.59 Å². The van der Waals surface area contributed by atoms with E-state index in [4.69, 9.17) is 0 Å². The molecule has 8 nitrogen and oxygen atoms in total. The molecule has 2 atom stereocenters. The van der Waals surface area contributed by atoms with Crippen LogP contribution in [0.3, 0.4) is 0 Å². The Hall–Kier alpha value is -1.54. The third-order valence-electron chi connectivity index (χ3n) is 5.74. The first-order valence-electron chi connectivity index (χ1n) is 12.7. The van der Waals surface area contributed by atoms with Crippen molar-refractivity contribution in [1.29, 1.82) is 0 Å². The zero-order valence-electron chi connectivity index (χ0n) is 21.5. The minimum absolute atomic E-state index is 0.0876. The third-order valence-corrected chi connectivity index (χ3v) is 5.74. The van der Waals surface area contributed by atoms with Gasteiger partial charge in [0.15, 0.2) is 0 Å².